The Morgan fingerprint density at radius 3 is 2.42 bits per heavy atom. The van der Waals surface area contributed by atoms with Crippen molar-refractivity contribution in [2.45, 2.75) is 13.3 Å². The lowest BCUT2D eigenvalue weighted by atomic mass is 10.1. The Bertz CT molecular complexity index is 209. The van der Waals surface area contributed by atoms with Gasteiger partial charge in [-0.2, -0.15) is 0 Å². The van der Waals surface area contributed by atoms with Crippen LogP contribution >= 0.6 is 0 Å². The summed E-state index contributed by atoms with van der Waals surface area (Å²) in [6.45, 7) is 9.47. The summed E-state index contributed by atoms with van der Waals surface area (Å²) in [5.74, 6) is 0. The van der Waals surface area contributed by atoms with E-state index in [0.29, 0.717) is 0 Å². The maximum absolute atomic E-state index is 3.75. The van der Waals surface area contributed by atoms with Gasteiger partial charge in [0.2, 0.25) is 0 Å². The van der Waals surface area contributed by atoms with E-state index >= 15 is 0 Å². The van der Waals surface area contributed by atoms with E-state index in [4.69, 9.17) is 0 Å². The molecule has 0 aromatic rings. The number of hydrogen-bond acceptors (Lipinski definition) is 1. The highest BCUT2D eigenvalue weighted by Gasteiger charge is 1.94. The predicted molar refractivity (Wildman–Crippen MR) is 55.9 cm³/mol. The van der Waals surface area contributed by atoms with Crippen molar-refractivity contribution in [3.8, 4) is 0 Å². The largest absolute Gasteiger partial charge is 0.388 e. The Kier molecular flexibility index (Phi) is 5.80. The average molecular weight is 163 g/mol. The molecule has 0 fully saturated rings. The molecule has 12 heavy (non-hydrogen) atoms. The third kappa shape index (κ3) is 3.24. The maximum atomic E-state index is 3.75. The predicted octanol–water partition coefficient (Wildman–Crippen LogP) is 2.80. The fourth-order valence-corrected chi connectivity index (χ4v) is 0.960. The van der Waals surface area contributed by atoms with E-state index in [0.717, 1.165) is 12.1 Å². The van der Waals surface area contributed by atoms with Crippen molar-refractivity contribution in [3.05, 3.63) is 48.7 Å². The summed E-state index contributed by atoms with van der Waals surface area (Å²) < 4.78 is 0. The first-order valence-electron chi connectivity index (χ1n) is 4.12. The van der Waals surface area contributed by atoms with Gasteiger partial charge in [-0.1, -0.05) is 38.3 Å². The lowest BCUT2D eigenvalue weighted by Crippen LogP contribution is -2.05. The molecule has 0 rings (SSSR count). The van der Waals surface area contributed by atoms with Crippen molar-refractivity contribution < 1.29 is 0 Å². The molecule has 0 amide bonds. The summed E-state index contributed by atoms with van der Waals surface area (Å²) in [4.78, 5) is 0. The van der Waals surface area contributed by atoms with Crippen molar-refractivity contribution in [3.63, 3.8) is 0 Å². The minimum absolute atomic E-state index is 0.987. The second kappa shape index (κ2) is 6.47. The van der Waals surface area contributed by atoms with Crippen LogP contribution in [-0.4, -0.2) is 7.05 Å². The van der Waals surface area contributed by atoms with Crippen LogP contribution in [0.25, 0.3) is 0 Å². The Balaban J connectivity index is 4.67. The number of likely N-dealkylation sites (N-methyl/N-ethyl adjacent to an activating group) is 1. The minimum atomic E-state index is 0.987. The molecule has 0 bridgehead atoms. The SMILES string of the molecule is C=C/C=C\C(NC)=C(/C=C)CC. The second-order valence-electron chi connectivity index (χ2n) is 2.34. The van der Waals surface area contributed by atoms with Crippen molar-refractivity contribution in [2.24, 2.45) is 0 Å². The first kappa shape index (κ1) is 10.8. The van der Waals surface area contributed by atoms with Crippen LogP contribution < -0.4 is 5.32 Å². The molecule has 1 N–H and O–H groups in total. The third-order valence-corrected chi connectivity index (χ3v) is 1.64. The van der Waals surface area contributed by atoms with Crippen LogP contribution in [0.3, 0.4) is 0 Å². The smallest absolute Gasteiger partial charge is 0.0369 e. The molecule has 0 saturated carbocycles. The highest BCUT2D eigenvalue weighted by molar-refractivity contribution is 5.31. The summed E-state index contributed by atoms with van der Waals surface area (Å²) in [5, 5.41) is 3.11. The van der Waals surface area contributed by atoms with Gasteiger partial charge in [0.15, 0.2) is 0 Å². The fourth-order valence-electron chi connectivity index (χ4n) is 0.960. The number of hydrogen-bond donors (Lipinski definition) is 1. The molecule has 0 aromatic carbocycles. The summed E-state index contributed by atoms with van der Waals surface area (Å²) >= 11 is 0. The van der Waals surface area contributed by atoms with Gasteiger partial charge in [-0.05, 0) is 18.1 Å². The van der Waals surface area contributed by atoms with Crippen LogP contribution in [0.2, 0.25) is 0 Å². The van der Waals surface area contributed by atoms with Crippen molar-refractivity contribution in [1.29, 1.82) is 0 Å². The Morgan fingerprint density at radius 2 is 2.08 bits per heavy atom. The van der Waals surface area contributed by atoms with Crippen LogP contribution in [0.1, 0.15) is 13.3 Å². The molecule has 0 atom stereocenters. The molecule has 66 valence electrons. The van der Waals surface area contributed by atoms with E-state index in [1.54, 1.807) is 6.08 Å². The Hall–Kier alpha value is -1.24. The van der Waals surface area contributed by atoms with E-state index in [2.05, 4.69) is 25.4 Å². The lowest BCUT2D eigenvalue weighted by molar-refractivity contribution is 0.978. The molecule has 0 saturated heterocycles. The number of allylic oxidation sites excluding steroid dienone is 5. The zero-order chi connectivity index (χ0) is 9.40. The molecule has 0 unspecified atom stereocenters. The van der Waals surface area contributed by atoms with Gasteiger partial charge in [-0.25, -0.2) is 0 Å². The summed E-state index contributed by atoms with van der Waals surface area (Å²) in [6.07, 6.45) is 8.52. The lowest BCUT2D eigenvalue weighted by Gasteiger charge is -2.05. The fraction of sp³-hybridized carbons (Fsp3) is 0.273. The summed E-state index contributed by atoms with van der Waals surface area (Å²) in [5.41, 5.74) is 2.32. The minimum Gasteiger partial charge on any atom is -0.388 e. The molecule has 0 aliphatic carbocycles. The second-order valence-corrected chi connectivity index (χ2v) is 2.34. The maximum Gasteiger partial charge on any atom is 0.0369 e. The Morgan fingerprint density at radius 1 is 1.42 bits per heavy atom. The average Bonchev–Trinajstić information content (AvgIpc) is 2.12. The molecule has 0 heterocycles. The van der Waals surface area contributed by atoms with Gasteiger partial charge in [-0.15, -0.1) is 0 Å². The van der Waals surface area contributed by atoms with Gasteiger partial charge in [0.05, 0.1) is 0 Å². The third-order valence-electron chi connectivity index (χ3n) is 1.64. The van der Waals surface area contributed by atoms with Gasteiger partial charge in [0.1, 0.15) is 0 Å². The molecular formula is C11H17N. The molecule has 0 aliphatic heterocycles. The van der Waals surface area contributed by atoms with Crippen molar-refractivity contribution in [1.82, 2.24) is 5.32 Å². The quantitative estimate of drug-likeness (QED) is 0.614. The van der Waals surface area contributed by atoms with Crippen molar-refractivity contribution >= 4 is 0 Å². The van der Waals surface area contributed by atoms with Crippen LogP contribution in [0.15, 0.2) is 48.7 Å². The molecular weight excluding hydrogens is 146 g/mol. The molecule has 0 aliphatic rings. The topological polar surface area (TPSA) is 12.0 Å². The molecule has 1 nitrogen and oxygen atoms in total. The van der Waals surface area contributed by atoms with Crippen LogP contribution in [0.4, 0.5) is 0 Å². The van der Waals surface area contributed by atoms with Crippen LogP contribution in [0.5, 0.6) is 0 Å². The molecule has 0 aromatic heterocycles. The normalized spacial score (nSPS) is 12.5. The summed E-state index contributed by atoms with van der Waals surface area (Å²) in [7, 11) is 1.90. The van der Waals surface area contributed by atoms with E-state index in [1.165, 1.54) is 5.57 Å². The first-order valence-corrected chi connectivity index (χ1v) is 4.12. The van der Waals surface area contributed by atoms with Gasteiger partial charge < -0.3 is 5.32 Å². The Labute approximate surface area is 75.2 Å². The number of rotatable bonds is 5. The van der Waals surface area contributed by atoms with E-state index in [-0.39, 0.29) is 0 Å². The van der Waals surface area contributed by atoms with E-state index in [1.807, 2.05) is 25.3 Å². The van der Waals surface area contributed by atoms with Crippen LogP contribution in [-0.2, 0) is 0 Å². The zero-order valence-electron chi connectivity index (χ0n) is 7.93. The van der Waals surface area contributed by atoms with Gasteiger partial charge in [0, 0.05) is 12.7 Å². The first-order chi connectivity index (χ1) is 5.79. The molecule has 0 spiro atoms. The zero-order valence-corrected chi connectivity index (χ0v) is 7.93. The number of nitrogens with one attached hydrogen (secondary N) is 1. The molecule has 1 heteroatoms. The highest BCUT2D eigenvalue weighted by atomic mass is 14.8. The highest BCUT2D eigenvalue weighted by Crippen LogP contribution is 2.08. The van der Waals surface area contributed by atoms with Crippen molar-refractivity contribution in [2.75, 3.05) is 7.05 Å². The summed E-state index contributed by atoms with van der Waals surface area (Å²) in [6, 6.07) is 0. The van der Waals surface area contributed by atoms with E-state index in [9.17, 15) is 0 Å². The van der Waals surface area contributed by atoms with Crippen LogP contribution in [0, 0.1) is 0 Å². The van der Waals surface area contributed by atoms with E-state index < -0.39 is 0 Å². The van der Waals surface area contributed by atoms with Gasteiger partial charge in [0.25, 0.3) is 0 Å². The van der Waals surface area contributed by atoms with Gasteiger partial charge >= 0.3 is 0 Å². The standard InChI is InChI=1S/C11H17N/c1-5-8-9-11(12-4)10(6-2)7-3/h5-6,8-9,12H,1-2,7H2,3-4H3/b9-8-,11-10-. The van der Waals surface area contributed by atoms with Gasteiger partial charge in [-0.3, -0.25) is 0 Å². The molecule has 0 radical (unpaired) electrons. The monoisotopic (exact) mass is 163 g/mol.